The predicted octanol–water partition coefficient (Wildman–Crippen LogP) is 5.44. The van der Waals surface area contributed by atoms with Crippen molar-refractivity contribution in [2.75, 3.05) is 20.2 Å². The van der Waals surface area contributed by atoms with E-state index in [-0.39, 0.29) is 0 Å². The molecule has 3 rings (SSSR count). The Bertz CT molecular complexity index is 758. The van der Waals surface area contributed by atoms with Crippen LogP contribution in [0.4, 0.5) is 0 Å². The quantitative estimate of drug-likeness (QED) is 0.584. The second-order valence-corrected chi connectivity index (χ2v) is 7.98. The molecule has 5 heteroatoms. The molecule has 3 nitrogen and oxygen atoms in total. The molecule has 1 aliphatic rings. The third kappa shape index (κ3) is 4.57. The van der Waals surface area contributed by atoms with Gasteiger partial charge in [0.15, 0.2) is 11.5 Å². The van der Waals surface area contributed by atoms with E-state index in [4.69, 9.17) is 21.7 Å². The predicted molar refractivity (Wildman–Crippen MR) is 113 cm³/mol. The lowest BCUT2D eigenvalue weighted by Gasteiger charge is -2.32. The van der Waals surface area contributed by atoms with Gasteiger partial charge in [-0.1, -0.05) is 49.5 Å². The van der Waals surface area contributed by atoms with E-state index in [1.807, 2.05) is 42.5 Å². The molecule has 0 bridgehead atoms. The lowest BCUT2D eigenvalue weighted by Crippen LogP contribution is -2.37. The maximum absolute atomic E-state index is 6.01. The van der Waals surface area contributed by atoms with Crippen LogP contribution in [-0.4, -0.2) is 30.1 Å². The minimum Gasteiger partial charge on any atom is -0.493 e. The molecule has 0 unspecified atom stereocenters. The Kier molecular flexibility index (Phi) is 6.54. The molecule has 0 aromatic heterocycles. The van der Waals surface area contributed by atoms with E-state index in [0.29, 0.717) is 18.1 Å². The number of piperidine rings is 1. The fourth-order valence-corrected chi connectivity index (χ4v) is 3.96. The van der Waals surface area contributed by atoms with Crippen molar-refractivity contribution in [3.8, 4) is 11.5 Å². The van der Waals surface area contributed by atoms with Crippen molar-refractivity contribution >= 4 is 33.1 Å². The van der Waals surface area contributed by atoms with E-state index in [0.717, 1.165) is 39.6 Å². The topological polar surface area (TPSA) is 21.7 Å². The highest BCUT2D eigenvalue weighted by molar-refractivity contribution is 9.10. The number of rotatable bonds is 5. The molecule has 0 N–H and O–H groups in total. The Balaban J connectivity index is 1.77. The average molecular weight is 434 g/mol. The van der Waals surface area contributed by atoms with Gasteiger partial charge in [0.2, 0.25) is 0 Å². The number of benzene rings is 2. The Morgan fingerprint density at radius 1 is 1.19 bits per heavy atom. The summed E-state index contributed by atoms with van der Waals surface area (Å²) in [5.41, 5.74) is 2.11. The molecule has 0 saturated carbocycles. The highest BCUT2D eigenvalue weighted by atomic mass is 79.9. The van der Waals surface area contributed by atoms with E-state index in [1.165, 1.54) is 12.8 Å². The van der Waals surface area contributed by atoms with Crippen LogP contribution in [-0.2, 0) is 6.61 Å². The summed E-state index contributed by atoms with van der Waals surface area (Å²) in [6.07, 6.45) is 2.38. The highest BCUT2D eigenvalue weighted by Crippen LogP contribution is 2.38. The molecular formula is C21H24BrNO2S. The molecule has 1 saturated heterocycles. The van der Waals surface area contributed by atoms with Crippen molar-refractivity contribution in [2.45, 2.75) is 26.4 Å². The van der Waals surface area contributed by atoms with Crippen LogP contribution in [0.5, 0.6) is 11.5 Å². The van der Waals surface area contributed by atoms with Gasteiger partial charge in [-0.15, -0.1) is 0 Å². The average Bonchev–Trinajstić information content (AvgIpc) is 2.67. The number of halogens is 1. The minimum absolute atomic E-state index is 0.490. The zero-order valence-electron chi connectivity index (χ0n) is 15.2. The van der Waals surface area contributed by atoms with Crippen LogP contribution in [0, 0.1) is 5.92 Å². The molecule has 0 radical (unpaired) electrons. The normalized spacial score (nSPS) is 15.0. The largest absolute Gasteiger partial charge is 0.493 e. The maximum atomic E-state index is 6.01. The van der Waals surface area contributed by atoms with Crippen molar-refractivity contribution in [1.29, 1.82) is 0 Å². The van der Waals surface area contributed by atoms with Crippen LogP contribution >= 0.6 is 28.1 Å². The number of hydrogen-bond acceptors (Lipinski definition) is 3. The number of methoxy groups -OCH3 is 1. The van der Waals surface area contributed by atoms with Gasteiger partial charge >= 0.3 is 0 Å². The summed E-state index contributed by atoms with van der Waals surface area (Å²) in [5, 5.41) is 0. The van der Waals surface area contributed by atoms with Gasteiger partial charge < -0.3 is 14.4 Å². The van der Waals surface area contributed by atoms with E-state index < -0.39 is 0 Å². The number of hydrogen-bond donors (Lipinski definition) is 0. The Morgan fingerprint density at radius 2 is 1.88 bits per heavy atom. The molecule has 0 amide bonds. The van der Waals surface area contributed by atoms with Crippen molar-refractivity contribution in [2.24, 2.45) is 5.92 Å². The maximum Gasteiger partial charge on any atom is 0.175 e. The Labute approximate surface area is 169 Å². The molecule has 1 fully saturated rings. The lowest BCUT2D eigenvalue weighted by molar-refractivity contribution is 0.281. The summed E-state index contributed by atoms with van der Waals surface area (Å²) in [7, 11) is 1.66. The van der Waals surface area contributed by atoms with Gasteiger partial charge in [-0.25, -0.2) is 0 Å². The molecule has 0 aliphatic carbocycles. The monoisotopic (exact) mass is 433 g/mol. The van der Waals surface area contributed by atoms with Gasteiger partial charge in [-0.2, -0.15) is 0 Å². The van der Waals surface area contributed by atoms with Crippen LogP contribution in [0.25, 0.3) is 0 Å². The summed E-state index contributed by atoms with van der Waals surface area (Å²) < 4.78 is 12.4. The van der Waals surface area contributed by atoms with Gasteiger partial charge in [-0.3, -0.25) is 0 Å². The first-order valence-electron chi connectivity index (χ1n) is 8.92. The van der Waals surface area contributed by atoms with E-state index in [1.54, 1.807) is 7.11 Å². The van der Waals surface area contributed by atoms with E-state index in [9.17, 15) is 0 Å². The van der Waals surface area contributed by atoms with Gasteiger partial charge in [0, 0.05) is 18.7 Å². The molecule has 0 atom stereocenters. The number of thiocarbonyl (C=S) groups is 1. The standard InChI is InChI=1S/C21H24BrNO2S/c1-15-8-10-23(11-9-15)21(26)17-12-18(22)20(19(13-17)24-2)25-14-16-6-4-3-5-7-16/h3-7,12-13,15H,8-11,14H2,1-2H3. The first-order chi connectivity index (χ1) is 12.6. The number of likely N-dealkylation sites (tertiary alicyclic amines) is 1. The third-order valence-corrected chi connectivity index (χ3v) is 5.86. The van der Waals surface area contributed by atoms with Crippen LogP contribution in [0.2, 0.25) is 0 Å². The third-order valence-electron chi connectivity index (χ3n) is 4.77. The Hall–Kier alpha value is -1.59. The number of nitrogens with zero attached hydrogens (tertiary/aromatic N) is 1. The van der Waals surface area contributed by atoms with Crippen molar-refractivity contribution in [3.05, 3.63) is 58.1 Å². The molecule has 1 aliphatic heterocycles. The molecular weight excluding hydrogens is 410 g/mol. The smallest absolute Gasteiger partial charge is 0.175 e. The Morgan fingerprint density at radius 3 is 2.54 bits per heavy atom. The molecule has 2 aromatic rings. The first-order valence-corrected chi connectivity index (χ1v) is 10.1. The fourth-order valence-electron chi connectivity index (χ4n) is 3.11. The van der Waals surface area contributed by atoms with Crippen molar-refractivity contribution in [1.82, 2.24) is 4.90 Å². The van der Waals surface area contributed by atoms with Gasteiger partial charge in [0.1, 0.15) is 11.6 Å². The van der Waals surface area contributed by atoms with Crippen LogP contribution < -0.4 is 9.47 Å². The molecule has 138 valence electrons. The summed E-state index contributed by atoms with van der Waals surface area (Å²) in [5.74, 6) is 2.18. The van der Waals surface area contributed by atoms with Gasteiger partial charge in [0.05, 0.1) is 11.6 Å². The summed E-state index contributed by atoms with van der Waals surface area (Å²) in [6.45, 7) is 4.83. The SMILES string of the molecule is COc1cc(C(=S)N2CCC(C)CC2)cc(Br)c1OCc1ccccc1. The summed E-state index contributed by atoms with van der Waals surface area (Å²) in [6, 6.07) is 14.1. The summed E-state index contributed by atoms with van der Waals surface area (Å²) in [4.78, 5) is 3.17. The lowest BCUT2D eigenvalue weighted by atomic mass is 9.99. The molecule has 1 heterocycles. The van der Waals surface area contributed by atoms with Crippen molar-refractivity contribution < 1.29 is 9.47 Å². The number of ether oxygens (including phenoxy) is 2. The first kappa shape index (κ1) is 19.2. The molecule has 2 aromatic carbocycles. The van der Waals surface area contributed by atoms with Crippen LogP contribution in [0.3, 0.4) is 0 Å². The second kappa shape index (κ2) is 8.87. The summed E-state index contributed by atoms with van der Waals surface area (Å²) >= 11 is 9.37. The van der Waals surface area contributed by atoms with Crippen molar-refractivity contribution in [3.63, 3.8) is 0 Å². The second-order valence-electron chi connectivity index (χ2n) is 6.74. The van der Waals surface area contributed by atoms with Gasteiger partial charge in [-0.05, 0) is 52.4 Å². The zero-order valence-corrected chi connectivity index (χ0v) is 17.6. The minimum atomic E-state index is 0.490. The van der Waals surface area contributed by atoms with Gasteiger partial charge in [0.25, 0.3) is 0 Å². The van der Waals surface area contributed by atoms with E-state index in [2.05, 4.69) is 27.8 Å². The molecule has 26 heavy (non-hydrogen) atoms. The highest BCUT2D eigenvalue weighted by Gasteiger charge is 2.21. The van der Waals surface area contributed by atoms with Crippen LogP contribution in [0.15, 0.2) is 46.9 Å². The fraction of sp³-hybridized carbons (Fsp3) is 0.381. The molecule has 0 spiro atoms. The van der Waals surface area contributed by atoms with Crippen LogP contribution in [0.1, 0.15) is 30.9 Å². The zero-order chi connectivity index (χ0) is 18.5. The van der Waals surface area contributed by atoms with E-state index >= 15 is 0 Å².